The van der Waals surface area contributed by atoms with Gasteiger partial charge in [-0.2, -0.15) is 0 Å². The number of benzene rings is 1. The van der Waals surface area contributed by atoms with Gasteiger partial charge >= 0.3 is 0 Å². The number of Topliss-reactive ketones (excluding diaryl/α,β-unsaturated/α-hetero) is 1. The van der Waals surface area contributed by atoms with Crippen molar-refractivity contribution < 1.29 is 15.0 Å². The Morgan fingerprint density at radius 3 is 2.52 bits per heavy atom. The van der Waals surface area contributed by atoms with Crippen LogP contribution in [0.4, 0.5) is 0 Å². The fourth-order valence-corrected chi connectivity index (χ4v) is 4.02. The molecular weight excluding hydrogens is 290 g/mol. The monoisotopic (exact) mass is 309 g/mol. The lowest BCUT2D eigenvalue weighted by atomic mass is 9.91. The third-order valence-electron chi connectivity index (χ3n) is 5.23. The second-order valence-corrected chi connectivity index (χ2v) is 6.47. The van der Waals surface area contributed by atoms with Crippen molar-refractivity contribution in [1.82, 2.24) is 0 Å². The number of hydrogen-bond donors (Lipinski definition) is 2. The van der Waals surface area contributed by atoms with Crippen LogP contribution in [0.2, 0.25) is 0 Å². The Morgan fingerprint density at radius 2 is 1.74 bits per heavy atom. The summed E-state index contributed by atoms with van der Waals surface area (Å²) in [7, 11) is 0. The quantitative estimate of drug-likeness (QED) is 0.879. The van der Waals surface area contributed by atoms with E-state index in [4.69, 9.17) is 0 Å². The summed E-state index contributed by atoms with van der Waals surface area (Å²) in [6, 6.07) is 9.80. The van der Waals surface area contributed by atoms with Crippen molar-refractivity contribution in [2.24, 2.45) is 10.9 Å². The van der Waals surface area contributed by atoms with Gasteiger partial charge in [0.05, 0.1) is 17.9 Å². The first-order valence-corrected chi connectivity index (χ1v) is 8.07. The van der Waals surface area contributed by atoms with Gasteiger partial charge in [0, 0.05) is 30.0 Å². The van der Waals surface area contributed by atoms with Gasteiger partial charge in [0.1, 0.15) is 0 Å². The molecule has 1 heterocycles. The number of rotatable bonds is 2. The first kappa shape index (κ1) is 14.5. The molecule has 0 bridgehead atoms. The van der Waals surface area contributed by atoms with Gasteiger partial charge in [0.2, 0.25) is 0 Å². The molecule has 1 aromatic carbocycles. The van der Waals surface area contributed by atoms with E-state index in [9.17, 15) is 15.0 Å². The van der Waals surface area contributed by atoms with Gasteiger partial charge in [-0.25, -0.2) is 0 Å². The van der Waals surface area contributed by atoms with Crippen molar-refractivity contribution >= 4 is 12.0 Å². The van der Waals surface area contributed by atoms with E-state index in [-0.39, 0.29) is 17.6 Å². The van der Waals surface area contributed by atoms with E-state index in [2.05, 4.69) is 4.99 Å². The maximum atomic E-state index is 12.0. The Labute approximate surface area is 134 Å². The lowest BCUT2D eigenvalue weighted by molar-refractivity contribution is -0.114. The summed E-state index contributed by atoms with van der Waals surface area (Å²) in [6.07, 6.45) is 3.64. The van der Waals surface area contributed by atoms with Gasteiger partial charge in [-0.3, -0.25) is 9.79 Å². The number of allylic oxidation sites excluding steroid dienone is 3. The molecule has 4 heteroatoms. The summed E-state index contributed by atoms with van der Waals surface area (Å²) < 4.78 is 0. The van der Waals surface area contributed by atoms with Crippen LogP contribution in [-0.2, 0) is 4.79 Å². The molecule has 1 saturated carbocycles. The number of hydrogen-bond acceptors (Lipinski definition) is 4. The van der Waals surface area contributed by atoms with Crippen LogP contribution in [0.3, 0.4) is 0 Å². The number of aliphatic hydroxyl groups is 2. The number of carbonyl (C=O) groups is 1. The minimum atomic E-state index is -0.828. The third kappa shape index (κ3) is 2.30. The van der Waals surface area contributed by atoms with Crippen molar-refractivity contribution in [3.05, 3.63) is 58.8 Å². The Hall–Kier alpha value is -2.04. The Morgan fingerprint density at radius 1 is 1.00 bits per heavy atom. The van der Waals surface area contributed by atoms with E-state index in [0.29, 0.717) is 19.3 Å². The Balaban J connectivity index is 1.64. The van der Waals surface area contributed by atoms with Crippen molar-refractivity contribution in [2.45, 2.75) is 37.4 Å². The van der Waals surface area contributed by atoms with Crippen LogP contribution < -0.4 is 0 Å². The number of aliphatic imine (C=N–C) groups is 1. The molecule has 1 aliphatic heterocycles. The summed E-state index contributed by atoms with van der Waals surface area (Å²) >= 11 is 0. The zero-order valence-corrected chi connectivity index (χ0v) is 12.7. The van der Waals surface area contributed by atoms with E-state index < -0.39 is 12.2 Å². The number of nitrogens with zero attached hydrogens (tertiary/aromatic N) is 1. The highest BCUT2D eigenvalue weighted by Gasteiger charge is 2.45. The lowest BCUT2D eigenvalue weighted by Gasteiger charge is -2.19. The van der Waals surface area contributed by atoms with Crippen LogP contribution >= 0.6 is 0 Å². The van der Waals surface area contributed by atoms with Gasteiger partial charge in [-0.1, -0.05) is 36.4 Å². The van der Waals surface area contributed by atoms with Crippen molar-refractivity contribution in [1.29, 1.82) is 0 Å². The summed E-state index contributed by atoms with van der Waals surface area (Å²) in [6.45, 7) is 0. The maximum Gasteiger partial charge on any atom is 0.166 e. The molecule has 4 nitrogen and oxygen atoms in total. The van der Waals surface area contributed by atoms with Crippen molar-refractivity contribution in [3.8, 4) is 0 Å². The van der Waals surface area contributed by atoms with Gasteiger partial charge in [-0.15, -0.1) is 0 Å². The second-order valence-electron chi connectivity index (χ2n) is 6.47. The van der Waals surface area contributed by atoms with Crippen LogP contribution in [0.25, 0.3) is 0 Å². The van der Waals surface area contributed by atoms with Gasteiger partial charge in [0.25, 0.3) is 0 Å². The van der Waals surface area contributed by atoms with Crippen molar-refractivity contribution in [2.75, 3.05) is 0 Å². The lowest BCUT2D eigenvalue weighted by Crippen LogP contribution is -2.28. The highest BCUT2D eigenvalue weighted by atomic mass is 16.3. The standard InChI is InChI=1S/C19H19NO3/c21-16-8-9-20-17-12(6-7-13(16)17)15-10-14(18(22)19(15)23)11-4-2-1-3-5-11/h1-6,9,14-15,18-19,22-23H,7-8,10H2/t14-,15+,18-,19+/m1/s1. The van der Waals surface area contributed by atoms with Crippen molar-refractivity contribution in [3.63, 3.8) is 0 Å². The molecule has 4 rings (SSSR count). The van der Waals surface area contributed by atoms with Crippen LogP contribution in [0.5, 0.6) is 0 Å². The van der Waals surface area contributed by atoms with E-state index in [1.165, 1.54) is 0 Å². The maximum absolute atomic E-state index is 12.0. The molecule has 0 unspecified atom stereocenters. The molecule has 1 aromatic rings. The second kappa shape index (κ2) is 5.55. The minimum Gasteiger partial charge on any atom is -0.390 e. The zero-order chi connectivity index (χ0) is 16.0. The molecule has 0 radical (unpaired) electrons. The first-order valence-electron chi connectivity index (χ1n) is 8.07. The van der Waals surface area contributed by atoms with Crippen LogP contribution in [0.1, 0.15) is 30.7 Å². The molecule has 23 heavy (non-hydrogen) atoms. The fraction of sp³-hybridized carbons (Fsp3) is 0.368. The fourth-order valence-electron chi connectivity index (χ4n) is 4.02. The number of ketones is 1. The molecule has 1 fully saturated rings. The SMILES string of the molecule is O=C1CC=NC2=C1CC=C2[C@@H]1C[C@H](c2ccccc2)[C@@H](O)[C@H]1O. The van der Waals surface area contributed by atoms with Crippen LogP contribution in [0, 0.1) is 5.92 Å². The minimum absolute atomic E-state index is 0.0926. The van der Waals surface area contributed by atoms with E-state index >= 15 is 0 Å². The zero-order valence-electron chi connectivity index (χ0n) is 12.7. The van der Waals surface area contributed by atoms with Gasteiger partial charge in [0.15, 0.2) is 5.78 Å². The summed E-state index contributed by atoms with van der Waals surface area (Å²) in [5, 5.41) is 21.0. The normalized spacial score (nSPS) is 33.1. The van der Waals surface area contributed by atoms with Gasteiger partial charge < -0.3 is 10.2 Å². The molecule has 4 atom stereocenters. The summed E-state index contributed by atoms with van der Waals surface area (Å²) in [5.74, 6) is -0.148. The average Bonchev–Trinajstić information content (AvgIpc) is 3.12. The summed E-state index contributed by atoms with van der Waals surface area (Å²) in [4.78, 5) is 16.4. The van der Waals surface area contributed by atoms with Gasteiger partial charge in [-0.05, 0) is 24.0 Å². The van der Waals surface area contributed by atoms with E-state index in [0.717, 1.165) is 22.4 Å². The molecule has 0 aromatic heterocycles. The number of carbonyl (C=O) groups excluding carboxylic acids is 1. The predicted molar refractivity (Wildman–Crippen MR) is 87.1 cm³/mol. The van der Waals surface area contributed by atoms with E-state index in [1.807, 2.05) is 36.4 Å². The Bertz CT molecular complexity index is 732. The first-order chi connectivity index (χ1) is 11.2. The average molecular weight is 309 g/mol. The molecule has 2 N–H and O–H groups in total. The smallest absolute Gasteiger partial charge is 0.166 e. The Kier molecular flexibility index (Phi) is 3.51. The van der Waals surface area contributed by atoms with Crippen LogP contribution in [-0.4, -0.2) is 34.4 Å². The molecule has 0 saturated heterocycles. The third-order valence-corrected chi connectivity index (χ3v) is 5.23. The highest BCUT2D eigenvalue weighted by molar-refractivity contribution is 6.07. The molecule has 118 valence electrons. The molecule has 3 aliphatic rings. The predicted octanol–water partition coefficient (Wildman–Crippen LogP) is 2.14. The highest BCUT2D eigenvalue weighted by Crippen LogP contribution is 2.47. The molecular formula is C19H19NO3. The van der Waals surface area contributed by atoms with E-state index in [1.54, 1.807) is 6.21 Å². The number of aliphatic hydroxyl groups excluding tert-OH is 2. The summed E-state index contributed by atoms with van der Waals surface area (Å²) in [5.41, 5.74) is 3.45. The molecule has 0 amide bonds. The largest absolute Gasteiger partial charge is 0.390 e. The topological polar surface area (TPSA) is 69.9 Å². The molecule has 0 spiro atoms. The molecule has 2 aliphatic carbocycles. The van der Waals surface area contributed by atoms with Crippen LogP contribution in [0.15, 0.2) is 58.2 Å².